The van der Waals surface area contributed by atoms with Gasteiger partial charge in [-0.1, -0.05) is 6.92 Å². The van der Waals surface area contributed by atoms with Crippen molar-refractivity contribution < 1.29 is 9.90 Å². The van der Waals surface area contributed by atoms with E-state index >= 15 is 0 Å². The Labute approximate surface area is 77.8 Å². The van der Waals surface area contributed by atoms with Crippen LogP contribution in [-0.4, -0.2) is 35.1 Å². The van der Waals surface area contributed by atoms with Crippen molar-refractivity contribution in [1.29, 1.82) is 5.26 Å². The normalized spacial score (nSPS) is 25.4. The zero-order chi connectivity index (χ0) is 9.84. The molecule has 0 spiro atoms. The van der Waals surface area contributed by atoms with Crippen molar-refractivity contribution in [2.24, 2.45) is 5.92 Å². The summed E-state index contributed by atoms with van der Waals surface area (Å²) < 4.78 is 0. The van der Waals surface area contributed by atoms with Gasteiger partial charge in [0.25, 0.3) is 0 Å². The zero-order valence-corrected chi connectivity index (χ0v) is 7.73. The molecule has 0 saturated carbocycles. The standard InChI is InChI=1S/C9H14N2O2/c1-2-8(5-10)11-4-3-7(6-11)9(12)13/h7-8H,2-4,6H2,1H3,(H,12,13). The molecule has 2 unspecified atom stereocenters. The molecule has 4 nitrogen and oxygen atoms in total. The third-order valence-corrected chi connectivity index (χ3v) is 2.55. The number of aliphatic carboxylic acids is 1. The summed E-state index contributed by atoms with van der Waals surface area (Å²) in [6.45, 7) is 3.21. The Morgan fingerprint density at radius 2 is 2.54 bits per heavy atom. The lowest BCUT2D eigenvalue weighted by atomic mass is 10.1. The fourth-order valence-electron chi connectivity index (χ4n) is 1.70. The van der Waals surface area contributed by atoms with E-state index in [2.05, 4.69) is 6.07 Å². The molecule has 0 aromatic carbocycles. The number of carboxylic acid groups (broad SMARTS) is 1. The molecule has 0 amide bonds. The monoisotopic (exact) mass is 182 g/mol. The van der Waals surface area contributed by atoms with Gasteiger partial charge in [0.15, 0.2) is 0 Å². The zero-order valence-electron chi connectivity index (χ0n) is 7.73. The number of rotatable bonds is 3. The number of hydrogen-bond donors (Lipinski definition) is 1. The summed E-state index contributed by atoms with van der Waals surface area (Å²) in [7, 11) is 0. The summed E-state index contributed by atoms with van der Waals surface area (Å²) >= 11 is 0. The van der Waals surface area contributed by atoms with E-state index in [1.807, 2.05) is 11.8 Å². The molecule has 1 rings (SSSR count). The maximum Gasteiger partial charge on any atom is 0.307 e. The highest BCUT2D eigenvalue weighted by Gasteiger charge is 2.31. The van der Waals surface area contributed by atoms with Crippen molar-refractivity contribution in [2.75, 3.05) is 13.1 Å². The average molecular weight is 182 g/mol. The van der Waals surface area contributed by atoms with Gasteiger partial charge in [0, 0.05) is 13.1 Å². The molecule has 1 fully saturated rings. The third-order valence-electron chi connectivity index (χ3n) is 2.55. The molecule has 13 heavy (non-hydrogen) atoms. The largest absolute Gasteiger partial charge is 0.481 e. The van der Waals surface area contributed by atoms with Gasteiger partial charge >= 0.3 is 5.97 Å². The van der Waals surface area contributed by atoms with E-state index in [1.165, 1.54) is 0 Å². The predicted molar refractivity (Wildman–Crippen MR) is 47.0 cm³/mol. The van der Waals surface area contributed by atoms with Crippen LogP contribution in [0.3, 0.4) is 0 Å². The molecule has 1 aliphatic rings. The van der Waals surface area contributed by atoms with Crippen LogP contribution in [-0.2, 0) is 4.79 Å². The van der Waals surface area contributed by atoms with Crippen LogP contribution in [0.5, 0.6) is 0 Å². The molecule has 4 heteroatoms. The summed E-state index contributed by atoms with van der Waals surface area (Å²) in [5.74, 6) is -1.02. The molecule has 0 aliphatic carbocycles. The van der Waals surface area contributed by atoms with E-state index in [1.54, 1.807) is 0 Å². The number of nitrogens with zero attached hydrogens (tertiary/aromatic N) is 2. The lowest BCUT2D eigenvalue weighted by Crippen LogP contribution is -2.32. The Kier molecular flexibility index (Phi) is 3.26. The van der Waals surface area contributed by atoms with Gasteiger partial charge in [0.05, 0.1) is 18.0 Å². The smallest absolute Gasteiger partial charge is 0.307 e. The van der Waals surface area contributed by atoms with Crippen LogP contribution >= 0.6 is 0 Å². The van der Waals surface area contributed by atoms with E-state index in [9.17, 15) is 4.79 Å². The Hall–Kier alpha value is -1.08. The minimum Gasteiger partial charge on any atom is -0.481 e. The SMILES string of the molecule is CCC(C#N)N1CCC(C(=O)O)C1. The van der Waals surface area contributed by atoms with Crippen LogP contribution in [0, 0.1) is 17.2 Å². The minimum atomic E-state index is -0.740. The first-order valence-electron chi connectivity index (χ1n) is 4.55. The van der Waals surface area contributed by atoms with Crippen molar-refractivity contribution in [2.45, 2.75) is 25.8 Å². The quantitative estimate of drug-likeness (QED) is 0.697. The van der Waals surface area contributed by atoms with Gasteiger partial charge in [-0.15, -0.1) is 0 Å². The van der Waals surface area contributed by atoms with Crippen molar-refractivity contribution in [3.05, 3.63) is 0 Å². The van der Waals surface area contributed by atoms with Gasteiger partial charge in [0.1, 0.15) is 0 Å². The topological polar surface area (TPSA) is 64.3 Å². The van der Waals surface area contributed by atoms with Crippen molar-refractivity contribution >= 4 is 5.97 Å². The highest BCUT2D eigenvalue weighted by Crippen LogP contribution is 2.19. The molecular weight excluding hydrogens is 168 g/mol. The van der Waals surface area contributed by atoms with Crippen LogP contribution in [0.15, 0.2) is 0 Å². The van der Waals surface area contributed by atoms with Gasteiger partial charge in [-0.25, -0.2) is 0 Å². The van der Waals surface area contributed by atoms with E-state index in [4.69, 9.17) is 10.4 Å². The summed E-state index contributed by atoms with van der Waals surface area (Å²) in [5, 5.41) is 17.5. The van der Waals surface area contributed by atoms with Crippen LogP contribution in [0.25, 0.3) is 0 Å². The number of carboxylic acids is 1. The lowest BCUT2D eigenvalue weighted by Gasteiger charge is -2.19. The van der Waals surface area contributed by atoms with E-state index in [0.29, 0.717) is 13.0 Å². The second-order valence-corrected chi connectivity index (χ2v) is 3.37. The van der Waals surface area contributed by atoms with Crippen molar-refractivity contribution in [1.82, 2.24) is 4.90 Å². The van der Waals surface area contributed by atoms with Crippen molar-refractivity contribution in [3.8, 4) is 6.07 Å². The molecule has 0 bridgehead atoms. The average Bonchev–Trinajstić information content (AvgIpc) is 2.56. The van der Waals surface area contributed by atoms with Gasteiger partial charge in [-0.3, -0.25) is 9.69 Å². The summed E-state index contributed by atoms with van der Waals surface area (Å²) in [6, 6.07) is 2.08. The Bertz CT molecular complexity index is 234. The minimum absolute atomic E-state index is 0.107. The molecule has 72 valence electrons. The molecule has 0 aromatic rings. The first-order valence-corrected chi connectivity index (χ1v) is 4.55. The summed E-state index contributed by atoms with van der Waals surface area (Å²) in [5.41, 5.74) is 0. The number of carbonyl (C=O) groups is 1. The highest BCUT2D eigenvalue weighted by molar-refractivity contribution is 5.70. The molecule has 0 aromatic heterocycles. The summed E-state index contributed by atoms with van der Waals surface area (Å²) in [4.78, 5) is 12.6. The lowest BCUT2D eigenvalue weighted by molar-refractivity contribution is -0.141. The molecule has 1 N–H and O–H groups in total. The maximum atomic E-state index is 10.6. The van der Waals surface area contributed by atoms with Crippen molar-refractivity contribution in [3.63, 3.8) is 0 Å². The Morgan fingerprint density at radius 1 is 1.85 bits per heavy atom. The number of likely N-dealkylation sites (tertiary alicyclic amines) is 1. The molecule has 2 atom stereocenters. The van der Waals surface area contributed by atoms with Crippen LogP contribution in [0.2, 0.25) is 0 Å². The summed E-state index contributed by atoms with van der Waals surface area (Å²) in [6.07, 6.45) is 1.44. The van der Waals surface area contributed by atoms with Crippen LogP contribution in [0.4, 0.5) is 0 Å². The fraction of sp³-hybridized carbons (Fsp3) is 0.778. The van der Waals surface area contributed by atoms with Gasteiger partial charge < -0.3 is 5.11 Å². The Balaban J connectivity index is 2.49. The van der Waals surface area contributed by atoms with Crippen LogP contribution < -0.4 is 0 Å². The molecule has 1 saturated heterocycles. The second-order valence-electron chi connectivity index (χ2n) is 3.37. The van der Waals surface area contributed by atoms with E-state index < -0.39 is 5.97 Å². The third kappa shape index (κ3) is 2.19. The molecule has 1 heterocycles. The first-order chi connectivity index (χ1) is 6.19. The number of nitriles is 1. The molecule has 0 radical (unpaired) electrons. The first kappa shape index (κ1) is 10.0. The van der Waals surface area contributed by atoms with Gasteiger partial charge in [-0.2, -0.15) is 5.26 Å². The predicted octanol–water partition coefficient (Wildman–Crippen LogP) is 0.695. The number of hydrogen-bond acceptors (Lipinski definition) is 3. The fourth-order valence-corrected chi connectivity index (χ4v) is 1.70. The highest BCUT2D eigenvalue weighted by atomic mass is 16.4. The van der Waals surface area contributed by atoms with Crippen LogP contribution in [0.1, 0.15) is 19.8 Å². The Morgan fingerprint density at radius 3 is 2.92 bits per heavy atom. The van der Waals surface area contributed by atoms with E-state index in [0.717, 1.165) is 13.0 Å². The molecule has 1 aliphatic heterocycles. The van der Waals surface area contributed by atoms with Gasteiger partial charge in [0.2, 0.25) is 0 Å². The maximum absolute atomic E-state index is 10.6. The second kappa shape index (κ2) is 4.24. The molecular formula is C9H14N2O2. The van der Waals surface area contributed by atoms with E-state index in [-0.39, 0.29) is 12.0 Å². The van der Waals surface area contributed by atoms with Gasteiger partial charge in [-0.05, 0) is 12.8 Å².